The first-order chi connectivity index (χ1) is 12.9. The van der Waals surface area contributed by atoms with Crippen molar-refractivity contribution in [1.82, 2.24) is 4.98 Å². The molecule has 2 aromatic carbocycles. The Balaban J connectivity index is 1.97. The van der Waals surface area contributed by atoms with Gasteiger partial charge < -0.3 is 9.47 Å². The van der Waals surface area contributed by atoms with Crippen molar-refractivity contribution in [3.63, 3.8) is 0 Å². The summed E-state index contributed by atoms with van der Waals surface area (Å²) < 4.78 is 10.6. The molecular weight excluding hydrogens is 409 g/mol. The number of pyridine rings is 1. The van der Waals surface area contributed by atoms with Crippen LogP contribution in [0.5, 0.6) is 11.5 Å². The highest BCUT2D eigenvalue weighted by Gasteiger charge is 2.11. The van der Waals surface area contributed by atoms with Crippen LogP contribution in [0.3, 0.4) is 0 Å². The van der Waals surface area contributed by atoms with Crippen LogP contribution in [0.2, 0.25) is 15.2 Å². The predicted octanol–water partition coefficient (Wildman–Crippen LogP) is 6.11. The van der Waals surface area contributed by atoms with Crippen molar-refractivity contribution in [1.29, 1.82) is 0 Å². The van der Waals surface area contributed by atoms with Gasteiger partial charge in [0.05, 0.1) is 24.8 Å². The number of ketones is 1. The fourth-order valence-corrected chi connectivity index (χ4v) is 3.27. The summed E-state index contributed by atoms with van der Waals surface area (Å²) in [7, 11) is 3.11. The minimum absolute atomic E-state index is 0.264. The van der Waals surface area contributed by atoms with Crippen molar-refractivity contribution in [2.45, 2.75) is 0 Å². The third-order valence-electron chi connectivity index (χ3n) is 3.91. The number of carbonyl (C=O) groups is 1. The smallest absolute Gasteiger partial charge is 0.187 e. The molecule has 0 aliphatic heterocycles. The van der Waals surface area contributed by atoms with Crippen molar-refractivity contribution in [3.05, 3.63) is 68.8 Å². The maximum absolute atomic E-state index is 12.4. The minimum Gasteiger partial charge on any atom is -0.493 e. The van der Waals surface area contributed by atoms with Gasteiger partial charge in [0, 0.05) is 27.6 Å². The lowest BCUT2D eigenvalue weighted by molar-refractivity contribution is 0.104. The predicted molar refractivity (Wildman–Crippen MR) is 110 cm³/mol. The van der Waals surface area contributed by atoms with E-state index in [1.165, 1.54) is 12.1 Å². The Labute approximate surface area is 171 Å². The Hall–Kier alpha value is -2.27. The Kier molecular flexibility index (Phi) is 5.90. The fraction of sp³-hybridized carbons (Fsp3) is 0.100. The van der Waals surface area contributed by atoms with Crippen molar-refractivity contribution in [2.75, 3.05) is 14.2 Å². The van der Waals surface area contributed by atoms with Crippen molar-refractivity contribution in [2.24, 2.45) is 0 Å². The third kappa shape index (κ3) is 4.19. The molecule has 0 bridgehead atoms. The van der Waals surface area contributed by atoms with E-state index in [2.05, 4.69) is 4.98 Å². The van der Waals surface area contributed by atoms with E-state index in [0.717, 1.165) is 5.39 Å². The number of hydrogen-bond acceptors (Lipinski definition) is 4. The summed E-state index contributed by atoms with van der Waals surface area (Å²) in [5, 5.41) is 1.82. The highest BCUT2D eigenvalue weighted by atomic mass is 35.5. The van der Waals surface area contributed by atoms with E-state index in [4.69, 9.17) is 44.3 Å². The molecule has 0 aliphatic carbocycles. The van der Waals surface area contributed by atoms with Gasteiger partial charge >= 0.3 is 0 Å². The largest absolute Gasteiger partial charge is 0.493 e. The Morgan fingerprint density at radius 1 is 1.00 bits per heavy atom. The number of carbonyl (C=O) groups excluding carboxylic acids is 1. The molecule has 0 saturated carbocycles. The van der Waals surface area contributed by atoms with Crippen LogP contribution in [0.15, 0.2) is 42.5 Å². The van der Waals surface area contributed by atoms with Crippen LogP contribution in [0.1, 0.15) is 15.9 Å². The highest BCUT2D eigenvalue weighted by Crippen LogP contribution is 2.33. The molecule has 0 unspecified atom stereocenters. The zero-order chi connectivity index (χ0) is 19.6. The summed E-state index contributed by atoms with van der Waals surface area (Å²) in [6, 6.07) is 10.1. The molecule has 0 amide bonds. The first-order valence-corrected chi connectivity index (χ1v) is 8.96. The maximum atomic E-state index is 12.4. The van der Waals surface area contributed by atoms with E-state index in [-0.39, 0.29) is 16.0 Å². The molecule has 1 aromatic heterocycles. The topological polar surface area (TPSA) is 48.4 Å². The van der Waals surface area contributed by atoms with Gasteiger partial charge in [-0.15, -0.1) is 0 Å². The average Bonchev–Trinajstić information content (AvgIpc) is 2.65. The molecule has 3 aromatic rings. The first kappa shape index (κ1) is 19.5. The zero-order valence-corrected chi connectivity index (χ0v) is 16.7. The van der Waals surface area contributed by atoms with Gasteiger partial charge in [0.2, 0.25) is 0 Å². The van der Waals surface area contributed by atoms with Crippen LogP contribution < -0.4 is 9.47 Å². The molecule has 3 rings (SSSR count). The number of aromatic nitrogens is 1. The molecule has 1 heterocycles. The zero-order valence-electron chi connectivity index (χ0n) is 14.4. The monoisotopic (exact) mass is 421 g/mol. The number of hydrogen-bond donors (Lipinski definition) is 0. The highest BCUT2D eigenvalue weighted by molar-refractivity contribution is 6.37. The number of nitrogens with zero attached hydrogens (tertiary/aromatic N) is 1. The van der Waals surface area contributed by atoms with Gasteiger partial charge in [0.1, 0.15) is 5.15 Å². The van der Waals surface area contributed by atoms with Gasteiger partial charge in [0.15, 0.2) is 17.3 Å². The van der Waals surface area contributed by atoms with Gasteiger partial charge in [0.25, 0.3) is 0 Å². The minimum atomic E-state index is -0.264. The van der Waals surface area contributed by atoms with E-state index in [0.29, 0.717) is 33.2 Å². The van der Waals surface area contributed by atoms with Crippen molar-refractivity contribution in [3.8, 4) is 11.5 Å². The van der Waals surface area contributed by atoms with Gasteiger partial charge in [-0.1, -0.05) is 34.8 Å². The van der Waals surface area contributed by atoms with E-state index >= 15 is 0 Å². The quantitative estimate of drug-likeness (QED) is 0.283. The molecule has 0 radical (unpaired) electrons. The number of fused-ring (bicyclic) bond motifs is 1. The van der Waals surface area contributed by atoms with Gasteiger partial charge in [-0.2, -0.15) is 0 Å². The standard InChI is InChI=1S/C20H14Cl3NO3/c1-26-18-8-12-7-11(20(23)24-16(12)10-19(18)27-2)3-6-17(25)14-5-4-13(21)9-15(14)22/h3-10H,1-2H3/b6-3+. The molecular formula is C20H14Cl3NO3. The number of halogens is 3. The SMILES string of the molecule is COc1cc2cc(/C=C/C(=O)c3ccc(Cl)cc3Cl)c(Cl)nc2cc1OC. The normalized spacial score (nSPS) is 11.1. The summed E-state index contributed by atoms with van der Waals surface area (Å²) in [6.45, 7) is 0. The molecule has 0 N–H and O–H groups in total. The molecule has 4 nitrogen and oxygen atoms in total. The number of benzene rings is 2. The Morgan fingerprint density at radius 3 is 2.37 bits per heavy atom. The number of methoxy groups -OCH3 is 2. The molecule has 138 valence electrons. The van der Waals surface area contributed by atoms with Gasteiger partial charge in [-0.25, -0.2) is 4.98 Å². The summed E-state index contributed by atoms with van der Waals surface area (Å²) in [4.78, 5) is 16.8. The average molecular weight is 423 g/mol. The van der Waals surface area contributed by atoms with E-state index in [1.54, 1.807) is 44.6 Å². The van der Waals surface area contributed by atoms with Gasteiger partial charge in [-0.05, 0) is 42.5 Å². The summed E-state index contributed by atoms with van der Waals surface area (Å²) in [5.74, 6) is 0.873. The first-order valence-electron chi connectivity index (χ1n) is 7.82. The lowest BCUT2D eigenvalue weighted by Crippen LogP contribution is -1.96. The van der Waals surface area contributed by atoms with E-state index in [9.17, 15) is 4.79 Å². The van der Waals surface area contributed by atoms with Crippen molar-refractivity contribution < 1.29 is 14.3 Å². The summed E-state index contributed by atoms with van der Waals surface area (Å²) >= 11 is 18.2. The van der Waals surface area contributed by atoms with E-state index in [1.807, 2.05) is 6.07 Å². The number of rotatable bonds is 5. The van der Waals surface area contributed by atoms with Crippen LogP contribution in [0.4, 0.5) is 0 Å². The summed E-state index contributed by atoms with van der Waals surface area (Å²) in [6.07, 6.45) is 2.99. The lowest BCUT2D eigenvalue weighted by Gasteiger charge is -2.09. The molecule has 0 atom stereocenters. The number of ether oxygens (including phenoxy) is 2. The van der Waals surface area contributed by atoms with Crippen LogP contribution >= 0.6 is 34.8 Å². The second-order valence-corrected chi connectivity index (χ2v) is 6.79. The molecule has 0 saturated heterocycles. The van der Waals surface area contributed by atoms with Crippen LogP contribution in [-0.4, -0.2) is 25.0 Å². The second kappa shape index (κ2) is 8.17. The maximum Gasteiger partial charge on any atom is 0.187 e. The Morgan fingerprint density at radius 2 is 1.70 bits per heavy atom. The molecule has 27 heavy (non-hydrogen) atoms. The third-order valence-corrected chi connectivity index (χ3v) is 4.76. The van der Waals surface area contributed by atoms with Crippen LogP contribution in [0, 0.1) is 0 Å². The van der Waals surface area contributed by atoms with E-state index < -0.39 is 0 Å². The van der Waals surface area contributed by atoms with Crippen LogP contribution in [-0.2, 0) is 0 Å². The van der Waals surface area contributed by atoms with Crippen LogP contribution in [0.25, 0.3) is 17.0 Å². The number of allylic oxidation sites excluding steroid dienone is 1. The van der Waals surface area contributed by atoms with Gasteiger partial charge in [-0.3, -0.25) is 4.79 Å². The second-order valence-electron chi connectivity index (χ2n) is 5.59. The molecule has 0 aliphatic rings. The molecule has 7 heteroatoms. The lowest BCUT2D eigenvalue weighted by atomic mass is 10.1. The fourth-order valence-electron chi connectivity index (χ4n) is 2.56. The Bertz CT molecular complexity index is 1060. The molecule has 0 spiro atoms. The molecule has 0 fully saturated rings. The van der Waals surface area contributed by atoms with Crippen molar-refractivity contribution >= 4 is 57.6 Å². The summed E-state index contributed by atoms with van der Waals surface area (Å²) in [5.41, 5.74) is 1.60.